The highest BCUT2D eigenvalue weighted by Gasteiger charge is 2.38. The summed E-state index contributed by atoms with van der Waals surface area (Å²) in [7, 11) is 0. The topological polar surface area (TPSA) is 136 Å². The van der Waals surface area contributed by atoms with Crippen molar-refractivity contribution in [3.8, 4) is 0 Å². The first kappa shape index (κ1) is 20.6. The van der Waals surface area contributed by atoms with E-state index in [1.54, 1.807) is 24.3 Å². The van der Waals surface area contributed by atoms with Gasteiger partial charge in [-0.25, -0.2) is 0 Å². The van der Waals surface area contributed by atoms with Crippen LogP contribution in [0.3, 0.4) is 0 Å². The predicted octanol–water partition coefficient (Wildman–Crippen LogP) is 2.07. The van der Waals surface area contributed by atoms with Gasteiger partial charge in [0.05, 0.1) is 16.1 Å². The molecule has 1 aliphatic heterocycles. The maximum absolute atomic E-state index is 12.4. The molecule has 0 bridgehead atoms. The van der Waals surface area contributed by atoms with Gasteiger partial charge in [-0.1, -0.05) is 17.7 Å². The van der Waals surface area contributed by atoms with Gasteiger partial charge in [0.25, 0.3) is 23.4 Å². The second kappa shape index (κ2) is 8.11. The largest absolute Gasteiger partial charge is 0.451 e. The summed E-state index contributed by atoms with van der Waals surface area (Å²) in [6, 6.07) is 10.2. The summed E-state index contributed by atoms with van der Waals surface area (Å²) < 4.78 is 5.02. The molecule has 2 aromatic rings. The molecule has 0 spiro atoms. The fraction of sp³-hybridized carbons (Fsp3) is 0.200. The molecule has 0 saturated heterocycles. The van der Waals surface area contributed by atoms with Crippen molar-refractivity contribution in [2.24, 2.45) is 0 Å². The number of rotatable bonds is 6. The molecule has 10 nitrogen and oxygen atoms in total. The van der Waals surface area contributed by atoms with Gasteiger partial charge in [0.2, 0.25) is 0 Å². The molecule has 10 heteroatoms. The summed E-state index contributed by atoms with van der Waals surface area (Å²) in [5, 5.41) is 13.5. The first-order valence-electron chi connectivity index (χ1n) is 8.89. The zero-order valence-electron chi connectivity index (χ0n) is 16.1. The van der Waals surface area contributed by atoms with E-state index in [9.17, 15) is 29.3 Å². The lowest BCUT2D eigenvalue weighted by molar-refractivity contribution is -0.384. The van der Waals surface area contributed by atoms with Crippen molar-refractivity contribution in [2.45, 2.75) is 20.0 Å². The number of aryl methyl sites for hydroxylation is 1. The van der Waals surface area contributed by atoms with E-state index >= 15 is 0 Å². The molecule has 0 aliphatic carbocycles. The Morgan fingerprint density at radius 1 is 1.10 bits per heavy atom. The lowest BCUT2D eigenvalue weighted by Crippen LogP contribution is -2.38. The minimum Gasteiger partial charge on any atom is -0.451 e. The number of carbonyl (C=O) groups excluding carboxylic acids is 4. The average molecular weight is 411 g/mol. The van der Waals surface area contributed by atoms with Gasteiger partial charge >= 0.3 is 5.97 Å². The molecule has 1 heterocycles. The molecule has 154 valence electrons. The third kappa shape index (κ3) is 4.17. The molecule has 0 saturated carbocycles. The standard InChI is InChI=1S/C20H17N3O7/c1-11-3-5-13(6-4-11)21-18(25)12(2)30-17(24)10-22-19(26)15-8-7-14(23(28)29)9-16(15)20(22)27/h3-9,12H,10H2,1-2H3,(H,21,25)/t12-/m0/s1. The highest BCUT2D eigenvalue weighted by molar-refractivity contribution is 6.22. The number of ether oxygens (including phenoxy) is 1. The van der Waals surface area contributed by atoms with Crippen LogP contribution in [0.2, 0.25) is 0 Å². The maximum atomic E-state index is 12.4. The van der Waals surface area contributed by atoms with E-state index < -0.39 is 41.3 Å². The number of carbonyl (C=O) groups is 4. The highest BCUT2D eigenvalue weighted by atomic mass is 16.6. The van der Waals surface area contributed by atoms with E-state index in [1.807, 2.05) is 6.92 Å². The van der Waals surface area contributed by atoms with Crippen molar-refractivity contribution in [3.05, 3.63) is 69.3 Å². The van der Waals surface area contributed by atoms with Crippen LogP contribution in [0.5, 0.6) is 0 Å². The van der Waals surface area contributed by atoms with Crippen molar-refractivity contribution >= 4 is 35.1 Å². The van der Waals surface area contributed by atoms with Gasteiger partial charge in [0, 0.05) is 17.8 Å². The van der Waals surface area contributed by atoms with Gasteiger partial charge in [-0.3, -0.25) is 34.2 Å². The van der Waals surface area contributed by atoms with Crippen LogP contribution >= 0.6 is 0 Å². The van der Waals surface area contributed by atoms with Gasteiger partial charge in [0.1, 0.15) is 6.54 Å². The number of anilines is 1. The van der Waals surface area contributed by atoms with Crippen LogP contribution in [0.25, 0.3) is 0 Å². The maximum Gasteiger partial charge on any atom is 0.326 e. The van der Waals surface area contributed by atoms with Gasteiger partial charge < -0.3 is 10.1 Å². The molecule has 3 amide bonds. The second-order valence-electron chi connectivity index (χ2n) is 6.67. The zero-order chi connectivity index (χ0) is 22.0. The Labute approximate surface area is 170 Å². The lowest BCUT2D eigenvalue weighted by Gasteiger charge is -2.16. The summed E-state index contributed by atoms with van der Waals surface area (Å²) in [6.07, 6.45) is -1.17. The Kier molecular flexibility index (Phi) is 5.58. The Bertz CT molecular complexity index is 1060. The Hall–Kier alpha value is -4.08. The van der Waals surface area contributed by atoms with E-state index in [4.69, 9.17) is 4.74 Å². The average Bonchev–Trinajstić information content (AvgIpc) is 2.94. The molecule has 0 fully saturated rings. The summed E-state index contributed by atoms with van der Waals surface area (Å²) in [6.45, 7) is 2.53. The summed E-state index contributed by atoms with van der Waals surface area (Å²) in [5.74, 6) is -3.15. The van der Waals surface area contributed by atoms with Crippen LogP contribution in [0.15, 0.2) is 42.5 Å². The predicted molar refractivity (Wildman–Crippen MR) is 104 cm³/mol. The van der Waals surface area contributed by atoms with E-state index in [1.165, 1.54) is 6.92 Å². The molecular weight excluding hydrogens is 394 g/mol. The quantitative estimate of drug-likeness (QED) is 0.333. The number of nitro benzene ring substituents is 1. The Balaban J connectivity index is 1.62. The Morgan fingerprint density at radius 3 is 2.37 bits per heavy atom. The van der Waals surface area contributed by atoms with Crippen molar-refractivity contribution in [1.82, 2.24) is 4.90 Å². The lowest BCUT2D eigenvalue weighted by atomic mass is 10.1. The summed E-state index contributed by atoms with van der Waals surface area (Å²) in [5.41, 5.74) is 0.991. The summed E-state index contributed by atoms with van der Waals surface area (Å²) >= 11 is 0. The number of nitrogens with one attached hydrogen (secondary N) is 1. The van der Waals surface area contributed by atoms with Crippen LogP contribution in [0, 0.1) is 17.0 Å². The molecule has 0 radical (unpaired) electrons. The third-order valence-corrected chi connectivity index (χ3v) is 4.45. The fourth-order valence-electron chi connectivity index (χ4n) is 2.83. The number of fused-ring (bicyclic) bond motifs is 1. The van der Waals surface area contributed by atoms with E-state index in [-0.39, 0.29) is 16.8 Å². The van der Waals surface area contributed by atoms with Gasteiger partial charge in [-0.15, -0.1) is 0 Å². The molecular formula is C20H17N3O7. The van der Waals surface area contributed by atoms with Crippen molar-refractivity contribution in [2.75, 3.05) is 11.9 Å². The zero-order valence-corrected chi connectivity index (χ0v) is 16.1. The molecule has 0 aromatic heterocycles. The second-order valence-corrected chi connectivity index (χ2v) is 6.67. The first-order valence-corrected chi connectivity index (χ1v) is 8.89. The minimum absolute atomic E-state index is 0.0384. The number of non-ortho nitro benzene ring substituents is 1. The van der Waals surface area contributed by atoms with Crippen molar-refractivity contribution in [1.29, 1.82) is 0 Å². The number of amides is 3. The molecule has 1 atom stereocenters. The van der Waals surface area contributed by atoms with Crippen LogP contribution < -0.4 is 5.32 Å². The number of hydrogen-bond donors (Lipinski definition) is 1. The minimum atomic E-state index is -1.17. The van der Waals surface area contributed by atoms with Crippen LogP contribution in [0.4, 0.5) is 11.4 Å². The smallest absolute Gasteiger partial charge is 0.326 e. The van der Waals surface area contributed by atoms with E-state index in [2.05, 4.69) is 5.32 Å². The number of esters is 1. The molecule has 1 aliphatic rings. The van der Waals surface area contributed by atoms with Gasteiger partial charge in [-0.05, 0) is 32.0 Å². The van der Waals surface area contributed by atoms with Crippen LogP contribution in [0.1, 0.15) is 33.2 Å². The Morgan fingerprint density at radius 2 is 1.73 bits per heavy atom. The van der Waals surface area contributed by atoms with Gasteiger partial charge in [0.15, 0.2) is 6.10 Å². The number of nitrogens with zero attached hydrogens (tertiary/aromatic N) is 2. The number of benzene rings is 2. The molecule has 1 N–H and O–H groups in total. The van der Waals surface area contributed by atoms with Crippen LogP contribution in [-0.4, -0.2) is 46.2 Å². The number of imide groups is 1. The SMILES string of the molecule is Cc1ccc(NC(=O)[C@H](C)OC(=O)CN2C(=O)c3ccc([N+](=O)[O-])cc3C2=O)cc1. The first-order chi connectivity index (χ1) is 14.2. The molecule has 0 unspecified atom stereocenters. The van der Waals surface area contributed by atoms with E-state index in [0.717, 1.165) is 23.8 Å². The summed E-state index contributed by atoms with van der Waals surface area (Å²) in [4.78, 5) is 59.9. The molecule has 30 heavy (non-hydrogen) atoms. The van der Waals surface area contributed by atoms with Gasteiger partial charge in [-0.2, -0.15) is 0 Å². The fourth-order valence-corrected chi connectivity index (χ4v) is 2.83. The molecule has 3 rings (SSSR count). The van der Waals surface area contributed by atoms with Crippen molar-refractivity contribution in [3.63, 3.8) is 0 Å². The monoisotopic (exact) mass is 411 g/mol. The number of hydrogen-bond acceptors (Lipinski definition) is 7. The van der Waals surface area contributed by atoms with E-state index in [0.29, 0.717) is 10.6 Å². The van der Waals surface area contributed by atoms with Crippen molar-refractivity contribution < 1.29 is 28.8 Å². The van der Waals surface area contributed by atoms with Crippen LogP contribution in [-0.2, 0) is 14.3 Å². The third-order valence-electron chi connectivity index (χ3n) is 4.45. The highest BCUT2D eigenvalue weighted by Crippen LogP contribution is 2.26. The molecule has 2 aromatic carbocycles. The normalized spacial score (nSPS) is 13.6. The number of nitro groups is 1.